The second kappa shape index (κ2) is 6.05. The van der Waals surface area contributed by atoms with E-state index in [-0.39, 0.29) is 0 Å². The van der Waals surface area contributed by atoms with Crippen molar-refractivity contribution < 1.29 is 14.2 Å². The van der Waals surface area contributed by atoms with Gasteiger partial charge in [-0.2, -0.15) is 0 Å². The molecule has 1 aromatic rings. The molecule has 0 heterocycles. The van der Waals surface area contributed by atoms with E-state index in [2.05, 4.69) is 13.0 Å². The van der Waals surface area contributed by atoms with E-state index in [4.69, 9.17) is 14.2 Å². The van der Waals surface area contributed by atoms with Crippen molar-refractivity contribution in [2.24, 2.45) is 0 Å². The molecule has 0 aliphatic rings. The van der Waals surface area contributed by atoms with Gasteiger partial charge in [0.1, 0.15) is 0 Å². The standard InChI is InChI=1S/C13H18O3/c1-5-6-7-10-8-11(14-2)13(16-4)12(9-10)15-3/h6-9H,5H2,1-4H3/b7-6+. The predicted octanol–water partition coefficient (Wildman–Crippen LogP) is 3.14. The van der Waals surface area contributed by atoms with Crippen LogP contribution in [0.25, 0.3) is 6.08 Å². The molecule has 0 atom stereocenters. The zero-order valence-corrected chi connectivity index (χ0v) is 10.2. The van der Waals surface area contributed by atoms with Crippen molar-refractivity contribution in [1.29, 1.82) is 0 Å². The molecular weight excluding hydrogens is 204 g/mol. The Kier molecular flexibility index (Phi) is 4.70. The Balaban J connectivity index is 3.20. The zero-order valence-electron chi connectivity index (χ0n) is 10.2. The van der Waals surface area contributed by atoms with Gasteiger partial charge in [-0.15, -0.1) is 0 Å². The van der Waals surface area contributed by atoms with Crippen molar-refractivity contribution in [2.75, 3.05) is 21.3 Å². The Labute approximate surface area is 96.6 Å². The van der Waals surface area contributed by atoms with E-state index in [9.17, 15) is 0 Å². The van der Waals surface area contributed by atoms with Crippen LogP contribution in [0.1, 0.15) is 18.9 Å². The molecule has 0 unspecified atom stereocenters. The first kappa shape index (κ1) is 12.4. The maximum absolute atomic E-state index is 5.26. The summed E-state index contributed by atoms with van der Waals surface area (Å²) < 4.78 is 15.8. The van der Waals surface area contributed by atoms with E-state index >= 15 is 0 Å². The first-order valence-corrected chi connectivity index (χ1v) is 5.23. The van der Waals surface area contributed by atoms with Crippen molar-refractivity contribution >= 4 is 6.08 Å². The second-order valence-electron chi connectivity index (χ2n) is 3.27. The predicted molar refractivity (Wildman–Crippen MR) is 65.4 cm³/mol. The largest absolute Gasteiger partial charge is 0.493 e. The minimum Gasteiger partial charge on any atom is -0.493 e. The fourth-order valence-corrected chi connectivity index (χ4v) is 1.45. The maximum atomic E-state index is 5.26. The van der Waals surface area contributed by atoms with Gasteiger partial charge >= 0.3 is 0 Å². The molecule has 0 aromatic heterocycles. The smallest absolute Gasteiger partial charge is 0.203 e. The lowest BCUT2D eigenvalue weighted by atomic mass is 10.1. The number of allylic oxidation sites excluding steroid dienone is 1. The number of hydrogen-bond donors (Lipinski definition) is 0. The molecule has 0 radical (unpaired) electrons. The number of hydrogen-bond acceptors (Lipinski definition) is 3. The lowest BCUT2D eigenvalue weighted by Crippen LogP contribution is -1.95. The van der Waals surface area contributed by atoms with Gasteiger partial charge in [0.25, 0.3) is 0 Å². The van der Waals surface area contributed by atoms with Crippen LogP contribution in [0.15, 0.2) is 18.2 Å². The Morgan fingerprint density at radius 3 is 1.94 bits per heavy atom. The van der Waals surface area contributed by atoms with Crippen LogP contribution in [0.4, 0.5) is 0 Å². The summed E-state index contributed by atoms with van der Waals surface area (Å²) in [5.74, 6) is 1.98. The summed E-state index contributed by atoms with van der Waals surface area (Å²) in [4.78, 5) is 0. The van der Waals surface area contributed by atoms with Crippen molar-refractivity contribution in [3.63, 3.8) is 0 Å². The van der Waals surface area contributed by atoms with Crippen LogP contribution in [-0.2, 0) is 0 Å². The van der Waals surface area contributed by atoms with Crippen LogP contribution < -0.4 is 14.2 Å². The molecule has 0 N–H and O–H groups in total. The molecule has 0 bridgehead atoms. The third-order valence-corrected chi connectivity index (χ3v) is 2.23. The quantitative estimate of drug-likeness (QED) is 0.766. The maximum Gasteiger partial charge on any atom is 0.203 e. The Morgan fingerprint density at radius 2 is 1.56 bits per heavy atom. The number of methoxy groups -OCH3 is 3. The van der Waals surface area contributed by atoms with Gasteiger partial charge in [-0.05, 0) is 24.1 Å². The van der Waals surface area contributed by atoms with Crippen LogP contribution in [0, 0.1) is 0 Å². The van der Waals surface area contributed by atoms with Gasteiger partial charge in [0.05, 0.1) is 21.3 Å². The number of ether oxygens (including phenoxy) is 3. The van der Waals surface area contributed by atoms with E-state index in [0.29, 0.717) is 17.2 Å². The highest BCUT2D eigenvalue weighted by Gasteiger charge is 2.11. The van der Waals surface area contributed by atoms with E-state index < -0.39 is 0 Å². The van der Waals surface area contributed by atoms with E-state index in [1.54, 1.807) is 21.3 Å². The summed E-state index contributed by atoms with van der Waals surface area (Å²) in [5.41, 5.74) is 1.04. The lowest BCUT2D eigenvalue weighted by molar-refractivity contribution is 0.324. The van der Waals surface area contributed by atoms with Crippen molar-refractivity contribution in [3.8, 4) is 17.2 Å². The Morgan fingerprint density at radius 1 is 1.00 bits per heavy atom. The van der Waals surface area contributed by atoms with Crippen LogP contribution in [0.3, 0.4) is 0 Å². The van der Waals surface area contributed by atoms with Gasteiger partial charge in [-0.3, -0.25) is 0 Å². The van der Waals surface area contributed by atoms with Gasteiger partial charge in [0.2, 0.25) is 5.75 Å². The molecule has 0 fully saturated rings. The molecule has 3 heteroatoms. The number of rotatable bonds is 5. The lowest BCUT2D eigenvalue weighted by Gasteiger charge is -2.12. The first-order valence-electron chi connectivity index (χ1n) is 5.23. The summed E-state index contributed by atoms with van der Waals surface area (Å²) >= 11 is 0. The van der Waals surface area contributed by atoms with Gasteiger partial charge in [0, 0.05) is 0 Å². The zero-order chi connectivity index (χ0) is 12.0. The molecule has 0 spiro atoms. The second-order valence-corrected chi connectivity index (χ2v) is 3.27. The van der Waals surface area contributed by atoms with Gasteiger partial charge in [-0.25, -0.2) is 0 Å². The molecule has 0 aliphatic heterocycles. The highest BCUT2D eigenvalue weighted by atomic mass is 16.5. The molecular formula is C13H18O3. The molecule has 1 aromatic carbocycles. The van der Waals surface area contributed by atoms with Crippen molar-refractivity contribution in [2.45, 2.75) is 13.3 Å². The monoisotopic (exact) mass is 222 g/mol. The normalized spacial score (nSPS) is 10.5. The first-order chi connectivity index (χ1) is 7.76. The molecule has 0 aliphatic carbocycles. The minimum absolute atomic E-state index is 0.624. The highest BCUT2D eigenvalue weighted by molar-refractivity contribution is 5.62. The fourth-order valence-electron chi connectivity index (χ4n) is 1.45. The van der Waals surface area contributed by atoms with Crippen LogP contribution >= 0.6 is 0 Å². The topological polar surface area (TPSA) is 27.7 Å². The van der Waals surface area contributed by atoms with Gasteiger partial charge < -0.3 is 14.2 Å². The van der Waals surface area contributed by atoms with E-state index in [0.717, 1.165) is 12.0 Å². The Hall–Kier alpha value is -1.64. The summed E-state index contributed by atoms with van der Waals surface area (Å²) in [6.07, 6.45) is 5.11. The van der Waals surface area contributed by atoms with Crippen LogP contribution in [0.2, 0.25) is 0 Å². The third-order valence-electron chi connectivity index (χ3n) is 2.23. The average Bonchev–Trinajstić information content (AvgIpc) is 2.34. The van der Waals surface area contributed by atoms with Gasteiger partial charge in [-0.1, -0.05) is 19.1 Å². The summed E-state index contributed by atoms with van der Waals surface area (Å²) in [6.45, 7) is 2.09. The molecule has 0 saturated heterocycles. The molecule has 0 amide bonds. The molecule has 16 heavy (non-hydrogen) atoms. The number of benzene rings is 1. The molecule has 1 rings (SSSR count). The minimum atomic E-state index is 0.624. The summed E-state index contributed by atoms with van der Waals surface area (Å²) in [6, 6.07) is 3.85. The summed E-state index contributed by atoms with van der Waals surface area (Å²) in [5, 5.41) is 0. The van der Waals surface area contributed by atoms with E-state index in [1.807, 2.05) is 18.2 Å². The Bertz CT molecular complexity index is 344. The highest BCUT2D eigenvalue weighted by Crippen LogP contribution is 2.38. The SMILES string of the molecule is CC/C=C/c1cc(OC)c(OC)c(OC)c1. The van der Waals surface area contributed by atoms with Crippen LogP contribution in [-0.4, -0.2) is 21.3 Å². The third kappa shape index (κ3) is 2.69. The average molecular weight is 222 g/mol. The fraction of sp³-hybridized carbons (Fsp3) is 0.385. The van der Waals surface area contributed by atoms with Crippen LogP contribution in [0.5, 0.6) is 17.2 Å². The van der Waals surface area contributed by atoms with Gasteiger partial charge in [0.15, 0.2) is 11.5 Å². The molecule has 3 nitrogen and oxygen atoms in total. The van der Waals surface area contributed by atoms with E-state index in [1.165, 1.54) is 0 Å². The molecule has 88 valence electrons. The van der Waals surface area contributed by atoms with Crippen molar-refractivity contribution in [3.05, 3.63) is 23.8 Å². The van der Waals surface area contributed by atoms with Crippen molar-refractivity contribution in [1.82, 2.24) is 0 Å². The summed E-state index contributed by atoms with van der Waals surface area (Å²) in [7, 11) is 4.83. The molecule has 0 saturated carbocycles.